The van der Waals surface area contributed by atoms with Crippen LogP contribution in [0.2, 0.25) is 0 Å². The fourth-order valence-electron chi connectivity index (χ4n) is 4.37. The van der Waals surface area contributed by atoms with E-state index in [1.165, 1.54) is 30.2 Å². The molecule has 5 rings (SSSR count). The maximum Gasteiger partial charge on any atom is 0.254 e. The Morgan fingerprint density at radius 3 is 2.13 bits per heavy atom. The highest BCUT2D eigenvalue weighted by Crippen LogP contribution is 2.38. The fraction of sp³-hybridized carbons (Fsp3) is 0.591. The van der Waals surface area contributed by atoms with Crippen molar-refractivity contribution in [2.45, 2.75) is 44.6 Å². The minimum Gasteiger partial charge on any atom is -0.355 e. The van der Waals surface area contributed by atoms with E-state index in [4.69, 9.17) is 0 Å². The van der Waals surface area contributed by atoms with E-state index in [-0.39, 0.29) is 18.0 Å². The van der Waals surface area contributed by atoms with Crippen molar-refractivity contribution >= 4 is 17.5 Å². The molecule has 2 aromatic rings. The average Bonchev–Trinajstić information content (AvgIpc) is 3.67. The summed E-state index contributed by atoms with van der Waals surface area (Å²) >= 11 is 0. The monoisotopic (exact) mass is 423 g/mol. The van der Waals surface area contributed by atoms with Gasteiger partial charge in [0.05, 0.1) is 12.0 Å². The van der Waals surface area contributed by atoms with Gasteiger partial charge in [0.25, 0.3) is 5.56 Å². The maximum absolute atomic E-state index is 12.7. The van der Waals surface area contributed by atoms with Gasteiger partial charge in [-0.05, 0) is 44.2 Å². The molecule has 0 bridgehead atoms. The van der Waals surface area contributed by atoms with E-state index in [1.54, 1.807) is 6.07 Å². The van der Waals surface area contributed by atoms with Crippen LogP contribution in [0.3, 0.4) is 0 Å². The van der Waals surface area contributed by atoms with E-state index in [9.17, 15) is 9.59 Å². The SMILES string of the molecule is O=C(Cn1cnc(C2CC2)cc1=O)N1CCN(c2ccc(N3CCCCC3)nn2)CC1. The molecule has 0 N–H and O–H groups in total. The van der Waals surface area contributed by atoms with Crippen LogP contribution in [0.1, 0.15) is 43.7 Å². The third-order valence-corrected chi connectivity index (χ3v) is 6.47. The van der Waals surface area contributed by atoms with Crippen molar-refractivity contribution in [2.24, 2.45) is 0 Å². The Labute approximate surface area is 181 Å². The minimum atomic E-state index is -0.145. The first-order valence-corrected chi connectivity index (χ1v) is 11.4. The van der Waals surface area contributed by atoms with Crippen LogP contribution in [-0.4, -0.2) is 69.8 Å². The summed E-state index contributed by atoms with van der Waals surface area (Å²) in [6.45, 7) is 4.77. The second-order valence-electron chi connectivity index (χ2n) is 8.72. The van der Waals surface area contributed by atoms with Gasteiger partial charge in [0, 0.05) is 51.3 Å². The number of hydrogen-bond acceptors (Lipinski definition) is 7. The van der Waals surface area contributed by atoms with Crippen molar-refractivity contribution in [3.63, 3.8) is 0 Å². The van der Waals surface area contributed by atoms with Crippen LogP contribution in [0.15, 0.2) is 29.3 Å². The van der Waals surface area contributed by atoms with E-state index in [1.807, 2.05) is 11.0 Å². The number of rotatable bonds is 5. The van der Waals surface area contributed by atoms with Gasteiger partial charge in [0.2, 0.25) is 5.91 Å². The number of aromatic nitrogens is 4. The Morgan fingerprint density at radius 2 is 1.55 bits per heavy atom. The van der Waals surface area contributed by atoms with E-state index < -0.39 is 0 Å². The topological polar surface area (TPSA) is 87.5 Å². The fourth-order valence-corrected chi connectivity index (χ4v) is 4.37. The molecule has 2 aromatic heterocycles. The summed E-state index contributed by atoms with van der Waals surface area (Å²) in [5.74, 6) is 2.19. The van der Waals surface area contributed by atoms with Crippen LogP contribution in [0.5, 0.6) is 0 Å². The van der Waals surface area contributed by atoms with E-state index in [0.717, 1.165) is 43.3 Å². The zero-order valence-electron chi connectivity index (χ0n) is 17.8. The second kappa shape index (κ2) is 8.64. The molecule has 31 heavy (non-hydrogen) atoms. The summed E-state index contributed by atoms with van der Waals surface area (Å²) in [7, 11) is 0. The van der Waals surface area contributed by atoms with Gasteiger partial charge < -0.3 is 14.7 Å². The van der Waals surface area contributed by atoms with Crippen molar-refractivity contribution < 1.29 is 4.79 Å². The maximum atomic E-state index is 12.7. The quantitative estimate of drug-likeness (QED) is 0.715. The van der Waals surface area contributed by atoms with Crippen LogP contribution in [0, 0.1) is 0 Å². The Bertz CT molecular complexity index is 972. The molecule has 1 aliphatic carbocycles. The first-order chi connectivity index (χ1) is 15.2. The van der Waals surface area contributed by atoms with Crippen molar-refractivity contribution in [1.82, 2.24) is 24.6 Å². The predicted octanol–water partition coefficient (Wildman–Crippen LogP) is 1.25. The van der Waals surface area contributed by atoms with Crippen molar-refractivity contribution in [3.8, 4) is 0 Å². The molecule has 2 saturated heterocycles. The zero-order valence-corrected chi connectivity index (χ0v) is 17.8. The van der Waals surface area contributed by atoms with Gasteiger partial charge in [-0.25, -0.2) is 4.98 Å². The molecule has 4 heterocycles. The molecule has 164 valence electrons. The standard InChI is InChI=1S/C22H29N7O2/c30-21-14-18(17-4-5-17)23-16-29(21)15-22(31)28-12-10-27(11-13-28)20-7-6-19(24-25-20)26-8-2-1-3-9-26/h6-7,14,16-17H,1-5,8-13,15H2. The Balaban J connectivity index is 1.14. The zero-order chi connectivity index (χ0) is 21.2. The van der Waals surface area contributed by atoms with E-state index in [2.05, 4.69) is 31.0 Å². The molecule has 9 heteroatoms. The summed E-state index contributed by atoms with van der Waals surface area (Å²) in [5.41, 5.74) is 0.711. The lowest BCUT2D eigenvalue weighted by atomic mass is 10.1. The summed E-state index contributed by atoms with van der Waals surface area (Å²) in [6.07, 6.45) is 7.44. The van der Waals surface area contributed by atoms with Gasteiger partial charge in [-0.1, -0.05) is 0 Å². The molecule has 9 nitrogen and oxygen atoms in total. The molecule has 1 amide bonds. The molecule has 0 spiro atoms. The summed E-state index contributed by atoms with van der Waals surface area (Å²) in [5, 5.41) is 8.86. The van der Waals surface area contributed by atoms with Gasteiger partial charge in [-0.3, -0.25) is 14.2 Å². The van der Waals surface area contributed by atoms with Gasteiger partial charge in [-0.2, -0.15) is 0 Å². The highest BCUT2D eigenvalue weighted by atomic mass is 16.2. The summed E-state index contributed by atoms with van der Waals surface area (Å²) in [4.78, 5) is 35.6. The van der Waals surface area contributed by atoms with E-state index in [0.29, 0.717) is 32.1 Å². The van der Waals surface area contributed by atoms with Gasteiger partial charge >= 0.3 is 0 Å². The predicted molar refractivity (Wildman–Crippen MR) is 117 cm³/mol. The molecule has 3 fully saturated rings. The molecule has 0 atom stereocenters. The normalized spacial score (nSPS) is 19.5. The summed E-state index contributed by atoms with van der Waals surface area (Å²) < 4.78 is 1.41. The van der Waals surface area contributed by atoms with Crippen molar-refractivity contribution in [1.29, 1.82) is 0 Å². The Hall–Kier alpha value is -2.97. The lowest BCUT2D eigenvalue weighted by Crippen LogP contribution is -2.50. The third-order valence-electron chi connectivity index (χ3n) is 6.47. The molecule has 0 aromatic carbocycles. The molecule has 2 aliphatic heterocycles. The number of piperidine rings is 1. The first kappa shape index (κ1) is 20.0. The smallest absolute Gasteiger partial charge is 0.254 e. The molecular formula is C22H29N7O2. The largest absolute Gasteiger partial charge is 0.355 e. The lowest BCUT2D eigenvalue weighted by molar-refractivity contribution is -0.132. The van der Waals surface area contributed by atoms with Gasteiger partial charge in [0.15, 0.2) is 11.6 Å². The van der Waals surface area contributed by atoms with Gasteiger partial charge in [0.1, 0.15) is 6.54 Å². The van der Waals surface area contributed by atoms with Crippen LogP contribution < -0.4 is 15.4 Å². The molecule has 0 radical (unpaired) electrons. The average molecular weight is 424 g/mol. The third kappa shape index (κ3) is 4.55. The second-order valence-corrected chi connectivity index (χ2v) is 8.72. The van der Waals surface area contributed by atoms with Gasteiger partial charge in [-0.15, -0.1) is 10.2 Å². The Kier molecular flexibility index (Phi) is 5.57. The number of hydrogen-bond donors (Lipinski definition) is 0. The number of piperazine rings is 1. The minimum absolute atomic E-state index is 0.0428. The van der Waals surface area contributed by atoms with Crippen LogP contribution >= 0.6 is 0 Å². The number of nitrogens with zero attached hydrogens (tertiary/aromatic N) is 7. The number of amides is 1. The van der Waals surface area contributed by atoms with Crippen molar-refractivity contribution in [3.05, 3.63) is 40.6 Å². The molecule has 1 saturated carbocycles. The van der Waals surface area contributed by atoms with E-state index >= 15 is 0 Å². The van der Waals surface area contributed by atoms with Crippen LogP contribution in [-0.2, 0) is 11.3 Å². The summed E-state index contributed by atoms with van der Waals surface area (Å²) in [6, 6.07) is 5.66. The van der Waals surface area contributed by atoms with Crippen LogP contribution in [0.25, 0.3) is 0 Å². The number of anilines is 2. The highest BCUT2D eigenvalue weighted by molar-refractivity contribution is 5.76. The molecule has 3 aliphatic rings. The Morgan fingerprint density at radius 1 is 0.903 bits per heavy atom. The number of carbonyl (C=O) groups excluding carboxylic acids is 1. The number of carbonyl (C=O) groups is 1. The van der Waals surface area contributed by atoms with Crippen LogP contribution in [0.4, 0.5) is 11.6 Å². The highest BCUT2D eigenvalue weighted by Gasteiger charge is 2.26. The van der Waals surface area contributed by atoms with Crippen molar-refractivity contribution in [2.75, 3.05) is 49.1 Å². The molecular weight excluding hydrogens is 394 g/mol. The lowest BCUT2D eigenvalue weighted by Gasteiger charge is -2.35. The molecule has 0 unspecified atom stereocenters. The first-order valence-electron chi connectivity index (χ1n) is 11.4.